The molecule has 0 spiro atoms. The summed E-state index contributed by atoms with van der Waals surface area (Å²) in [6.07, 6.45) is 0.0909. The van der Waals surface area contributed by atoms with Gasteiger partial charge in [0.25, 0.3) is 0 Å². The first-order valence-corrected chi connectivity index (χ1v) is 6.15. The van der Waals surface area contributed by atoms with Gasteiger partial charge in [-0.1, -0.05) is 37.3 Å². The molecule has 1 aromatic rings. The second-order valence-corrected chi connectivity index (χ2v) is 4.48. The van der Waals surface area contributed by atoms with Gasteiger partial charge in [0, 0.05) is 6.04 Å². The maximum atomic E-state index is 12.1. The molecule has 19 heavy (non-hydrogen) atoms. The lowest BCUT2D eigenvalue weighted by molar-refractivity contribution is -0.171. The molecule has 0 saturated heterocycles. The number of benzene rings is 1. The van der Waals surface area contributed by atoms with E-state index in [9.17, 15) is 14.7 Å². The summed E-state index contributed by atoms with van der Waals surface area (Å²) in [6.45, 7) is 3.16. The van der Waals surface area contributed by atoms with Crippen LogP contribution in [0.1, 0.15) is 25.8 Å². The van der Waals surface area contributed by atoms with Crippen molar-refractivity contribution in [1.29, 1.82) is 0 Å². The summed E-state index contributed by atoms with van der Waals surface area (Å²) in [4.78, 5) is 23.4. The van der Waals surface area contributed by atoms with Crippen LogP contribution in [0.2, 0.25) is 0 Å². The Kier molecular flexibility index (Phi) is 5.06. The highest BCUT2D eigenvalue weighted by atomic mass is 16.5. The highest BCUT2D eigenvalue weighted by Gasteiger charge is 2.49. The van der Waals surface area contributed by atoms with E-state index in [0.29, 0.717) is 0 Å². The standard InChI is InChI=1S/C14H19NO4/c1-3-14(10(2)15,12(16)17)13(18)19-9-11-7-5-4-6-8-11/h4-8,10H,3,9,15H2,1-2H3,(H,16,17)/t10-,14+/m0/s1. The number of aliphatic carboxylic acids is 1. The largest absolute Gasteiger partial charge is 0.480 e. The van der Waals surface area contributed by atoms with Crippen molar-refractivity contribution in [2.24, 2.45) is 11.1 Å². The van der Waals surface area contributed by atoms with Gasteiger partial charge in [0.15, 0.2) is 5.41 Å². The van der Waals surface area contributed by atoms with E-state index >= 15 is 0 Å². The van der Waals surface area contributed by atoms with Gasteiger partial charge in [-0.2, -0.15) is 0 Å². The number of carboxylic acids is 1. The van der Waals surface area contributed by atoms with Crippen LogP contribution >= 0.6 is 0 Å². The summed E-state index contributed by atoms with van der Waals surface area (Å²) in [7, 11) is 0. The quantitative estimate of drug-likeness (QED) is 0.601. The first kappa shape index (κ1) is 15.2. The molecule has 0 fully saturated rings. The number of rotatable bonds is 6. The second kappa shape index (κ2) is 6.33. The Morgan fingerprint density at radius 1 is 1.37 bits per heavy atom. The summed E-state index contributed by atoms with van der Waals surface area (Å²) in [5, 5.41) is 9.28. The lowest BCUT2D eigenvalue weighted by Gasteiger charge is -2.29. The van der Waals surface area contributed by atoms with Crippen molar-refractivity contribution in [3.8, 4) is 0 Å². The maximum Gasteiger partial charge on any atom is 0.325 e. The van der Waals surface area contributed by atoms with Crippen LogP contribution in [-0.2, 0) is 20.9 Å². The number of nitrogens with two attached hydrogens (primary N) is 1. The third-order valence-electron chi connectivity index (χ3n) is 3.29. The minimum atomic E-state index is -1.69. The Morgan fingerprint density at radius 2 is 1.95 bits per heavy atom. The predicted octanol–water partition coefficient (Wildman–Crippen LogP) is 1.56. The van der Waals surface area contributed by atoms with Crippen LogP contribution in [0.3, 0.4) is 0 Å². The van der Waals surface area contributed by atoms with Gasteiger partial charge in [0.1, 0.15) is 6.61 Å². The molecule has 0 aromatic heterocycles. The zero-order valence-corrected chi connectivity index (χ0v) is 11.1. The first-order valence-electron chi connectivity index (χ1n) is 6.15. The van der Waals surface area contributed by atoms with Gasteiger partial charge in [-0.25, -0.2) is 0 Å². The van der Waals surface area contributed by atoms with Crippen molar-refractivity contribution in [2.45, 2.75) is 32.9 Å². The highest BCUT2D eigenvalue weighted by Crippen LogP contribution is 2.28. The molecule has 0 aliphatic rings. The minimum absolute atomic E-state index is 0.0431. The summed E-state index contributed by atoms with van der Waals surface area (Å²) >= 11 is 0. The number of carbonyl (C=O) groups excluding carboxylic acids is 1. The van der Waals surface area contributed by atoms with E-state index in [0.717, 1.165) is 5.56 Å². The highest BCUT2D eigenvalue weighted by molar-refractivity contribution is 6.00. The van der Waals surface area contributed by atoms with Crippen molar-refractivity contribution in [2.75, 3.05) is 0 Å². The zero-order chi connectivity index (χ0) is 14.5. The van der Waals surface area contributed by atoms with Crippen LogP contribution in [0.25, 0.3) is 0 Å². The van der Waals surface area contributed by atoms with E-state index in [1.54, 1.807) is 19.1 Å². The van der Waals surface area contributed by atoms with Crippen LogP contribution in [-0.4, -0.2) is 23.1 Å². The smallest absolute Gasteiger partial charge is 0.325 e. The van der Waals surface area contributed by atoms with Gasteiger partial charge in [0.2, 0.25) is 0 Å². The van der Waals surface area contributed by atoms with Gasteiger partial charge >= 0.3 is 11.9 Å². The predicted molar refractivity (Wildman–Crippen MR) is 70.2 cm³/mol. The van der Waals surface area contributed by atoms with Crippen LogP contribution in [0.5, 0.6) is 0 Å². The van der Waals surface area contributed by atoms with Crippen LogP contribution in [0.15, 0.2) is 30.3 Å². The Bertz CT molecular complexity index is 444. The van der Waals surface area contributed by atoms with E-state index in [1.807, 2.05) is 18.2 Å². The monoisotopic (exact) mass is 265 g/mol. The Hall–Kier alpha value is -1.88. The lowest BCUT2D eigenvalue weighted by Crippen LogP contribution is -2.52. The molecular weight excluding hydrogens is 246 g/mol. The van der Waals surface area contributed by atoms with Crippen molar-refractivity contribution >= 4 is 11.9 Å². The van der Waals surface area contributed by atoms with E-state index in [4.69, 9.17) is 10.5 Å². The fourth-order valence-corrected chi connectivity index (χ4v) is 1.94. The number of esters is 1. The van der Waals surface area contributed by atoms with E-state index in [1.165, 1.54) is 6.92 Å². The second-order valence-electron chi connectivity index (χ2n) is 4.48. The third-order valence-corrected chi connectivity index (χ3v) is 3.29. The Balaban J connectivity index is 2.82. The number of hydrogen-bond donors (Lipinski definition) is 2. The van der Waals surface area contributed by atoms with Crippen LogP contribution < -0.4 is 5.73 Å². The summed E-state index contributed by atoms with van der Waals surface area (Å²) in [5.74, 6) is -2.04. The molecule has 1 rings (SSSR count). The summed E-state index contributed by atoms with van der Waals surface area (Å²) in [6, 6.07) is 8.26. The molecule has 0 amide bonds. The summed E-state index contributed by atoms with van der Waals surface area (Å²) in [5.41, 5.74) is 4.79. The van der Waals surface area contributed by atoms with Crippen LogP contribution in [0, 0.1) is 5.41 Å². The van der Waals surface area contributed by atoms with E-state index in [-0.39, 0.29) is 13.0 Å². The molecule has 104 valence electrons. The molecule has 0 aliphatic heterocycles. The molecule has 5 nitrogen and oxygen atoms in total. The van der Waals surface area contributed by atoms with Crippen molar-refractivity contribution in [3.05, 3.63) is 35.9 Å². The first-order chi connectivity index (χ1) is 8.95. The van der Waals surface area contributed by atoms with Gasteiger partial charge < -0.3 is 15.6 Å². The van der Waals surface area contributed by atoms with E-state index in [2.05, 4.69) is 0 Å². The van der Waals surface area contributed by atoms with Gasteiger partial charge in [0.05, 0.1) is 0 Å². The average Bonchev–Trinajstić information content (AvgIpc) is 2.38. The maximum absolute atomic E-state index is 12.1. The fraction of sp³-hybridized carbons (Fsp3) is 0.429. The summed E-state index contributed by atoms with van der Waals surface area (Å²) < 4.78 is 5.11. The zero-order valence-electron chi connectivity index (χ0n) is 11.1. The van der Waals surface area contributed by atoms with Crippen molar-refractivity contribution in [3.63, 3.8) is 0 Å². The van der Waals surface area contributed by atoms with Gasteiger partial charge in [-0.05, 0) is 18.9 Å². The third kappa shape index (κ3) is 3.12. The van der Waals surface area contributed by atoms with Crippen molar-refractivity contribution in [1.82, 2.24) is 0 Å². The molecule has 2 atom stereocenters. The fourth-order valence-electron chi connectivity index (χ4n) is 1.94. The Morgan fingerprint density at radius 3 is 2.37 bits per heavy atom. The molecule has 0 bridgehead atoms. The molecule has 0 heterocycles. The van der Waals surface area contributed by atoms with Crippen LogP contribution in [0.4, 0.5) is 0 Å². The Labute approximate surface area is 112 Å². The minimum Gasteiger partial charge on any atom is -0.480 e. The number of ether oxygens (including phenoxy) is 1. The molecular formula is C14H19NO4. The van der Waals surface area contributed by atoms with Crippen molar-refractivity contribution < 1.29 is 19.4 Å². The lowest BCUT2D eigenvalue weighted by atomic mass is 9.79. The molecule has 5 heteroatoms. The normalized spacial score (nSPS) is 15.3. The molecule has 0 saturated carbocycles. The number of carbonyl (C=O) groups is 2. The van der Waals surface area contributed by atoms with E-state index < -0.39 is 23.4 Å². The molecule has 0 aliphatic carbocycles. The topological polar surface area (TPSA) is 89.6 Å². The van der Waals surface area contributed by atoms with Gasteiger partial charge in [-0.3, -0.25) is 9.59 Å². The molecule has 0 radical (unpaired) electrons. The number of carboxylic acid groups (broad SMARTS) is 1. The average molecular weight is 265 g/mol. The molecule has 1 aromatic carbocycles. The number of hydrogen-bond acceptors (Lipinski definition) is 4. The molecule has 0 unspecified atom stereocenters. The van der Waals surface area contributed by atoms with Gasteiger partial charge in [-0.15, -0.1) is 0 Å². The SMILES string of the molecule is CC[C@@](C(=O)O)(C(=O)OCc1ccccc1)[C@H](C)N. The molecule has 3 N–H and O–H groups in total.